The number of fused-ring (bicyclic) bond motifs is 2. The molecule has 7 nitrogen and oxygen atoms in total. The van der Waals surface area contributed by atoms with Crippen molar-refractivity contribution in [2.24, 2.45) is 11.8 Å². The third-order valence-corrected chi connectivity index (χ3v) is 11.4. The average molecular weight is 659 g/mol. The molecule has 0 radical (unpaired) electrons. The Morgan fingerprint density at radius 1 is 0.756 bits per heavy atom. The summed E-state index contributed by atoms with van der Waals surface area (Å²) in [5, 5.41) is 21.5. The summed E-state index contributed by atoms with van der Waals surface area (Å²) in [6, 6.07) is 0. The van der Waals surface area contributed by atoms with Gasteiger partial charge in [0.2, 0.25) is 0 Å². The van der Waals surface area contributed by atoms with E-state index in [0.717, 1.165) is 0 Å². The van der Waals surface area contributed by atoms with Crippen molar-refractivity contribution in [1.29, 1.82) is 0 Å². The highest BCUT2D eigenvalue weighted by atomic mass is 19.4. The molecular formula is C32H48F6O7. The first kappa shape index (κ1) is 36.4. The molecule has 2 heterocycles. The minimum atomic E-state index is -5.04. The standard InChI is InChI=1S/C32H48F6O7/c1-18(2)24(39)43-20-17-19-21(29(13-9-10-14-29)44-25(3,4)27(7,40)31(33,34)35)22(23(20)42-19)30(15-11-12-16-30)45-26(5,6)28(8,41)32(36,37)38/h19-23,40-41H,1,9-17H2,2-8H3. The van der Waals surface area contributed by atoms with E-state index >= 15 is 0 Å². The van der Waals surface area contributed by atoms with Gasteiger partial charge in [0.1, 0.15) is 23.4 Å². The SMILES string of the molecule is C=C(C)C(=O)OC1CC2OC1C(C1(OC(C)(C)C(C)(O)C(F)(F)F)CCCC1)C2C1(OC(C)(C)C(C)(O)C(F)(F)F)CCCC1. The molecule has 2 saturated heterocycles. The van der Waals surface area contributed by atoms with Crippen molar-refractivity contribution in [2.75, 3.05) is 0 Å². The lowest BCUT2D eigenvalue weighted by Gasteiger charge is -2.55. The Balaban J connectivity index is 1.84. The highest BCUT2D eigenvalue weighted by Crippen LogP contribution is 2.63. The molecular weight excluding hydrogens is 610 g/mol. The molecule has 0 aromatic heterocycles. The molecule has 2 aliphatic carbocycles. The van der Waals surface area contributed by atoms with Crippen LogP contribution in [0.15, 0.2) is 12.2 Å². The van der Waals surface area contributed by atoms with Crippen LogP contribution in [0.5, 0.6) is 0 Å². The van der Waals surface area contributed by atoms with Gasteiger partial charge in [-0.3, -0.25) is 0 Å². The maximum atomic E-state index is 14.2. The first-order valence-corrected chi connectivity index (χ1v) is 15.8. The fourth-order valence-corrected chi connectivity index (χ4v) is 8.19. The van der Waals surface area contributed by atoms with Gasteiger partial charge in [-0.15, -0.1) is 0 Å². The lowest BCUT2D eigenvalue weighted by molar-refractivity contribution is -0.346. The van der Waals surface area contributed by atoms with Gasteiger partial charge in [0.15, 0.2) is 11.2 Å². The molecule has 13 heteroatoms. The Hall–Kier alpha value is -1.41. The zero-order chi connectivity index (χ0) is 34.2. The lowest BCUT2D eigenvalue weighted by atomic mass is 9.61. The molecule has 2 N–H and O–H groups in total. The number of hydrogen-bond acceptors (Lipinski definition) is 7. The van der Waals surface area contributed by atoms with Crippen molar-refractivity contribution >= 4 is 5.97 Å². The fourth-order valence-electron chi connectivity index (χ4n) is 8.19. The quantitative estimate of drug-likeness (QED) is 0.153. The lowest BCUT2D eigenvalue weighted by Crippen LogP contribution is -2.67. The molecule has 4 fully saturated rings. The van der Waals surface area contributed by atoms with Gasteiger partial charge in [-0.25, -0.2) is 4.79 Å². The minimum absolute atomic E-state index is 0.145. The predicted molar refractivity (Wildman–Crippen MR) is 151 cm³/mol. The molecule has 0 spiro atoms. The molecule has 4 aliphatic rings. The van der Waals surface area contributed by atoms with E-state index < -0.39 is 82.1 Å². The van der Waals surface area contributed by atoms with Crippen LogP contribution in [0.25, 0.3) is 0 Å². The van der Waals surface area contributed by atoms with Gasteiger partial charge in [-0.2, -0.15) is 26.3 Å². The summed E-state index contributed by atoms with van der Waals surface area (Å²) in [7, 11) is 0. The molecule has 0 aromatic carbocycles. The molecule has 4 rings (SSSR count). The molecule has 0 amide bonds. The zero-order valence-electron chi connectivity index (χ0n) is 27.2. The first-order valence-electron chi connectivity index (χ1n) is 15.8. The van der Waals surface area contributed by atoms with Crippen LogP contribution in [0.1, 0.15) is 106 Å². The van der Waals surface area contributed by atoms with E-state index in [0.29, 0.717) is 65.2 Å². The van der Waals surface area contributed by atoms with Gasteiger partial charge in [-0.05, 0) is 74.1 Å². The number of aliphatic hydroxyl groups is 2. The van der Waals surface area contributed by atoms with Crippen LogP contribution < -0.4 is 0 Å². The Morgan fingerprint density at radius 2 is 1.13 bits per heavy atom. The number of esters is 1. The Bertz CT molecular complexity index is 1130. The van der Waals surface area contributed by atoms with Gasteiger partial charge in [0, 0.05) is 23.8 Å². The molecule has 260 valence electrons. The number of rotatable bonds is 10. The second kappa shape index (κ2) is 11.3. The number of carbonyl (C=O) groups is 1. The van der Waals surface area contributed by atoms with Crippen LogP contribution in [-0.2, 0) is 23.7 Å². The van der Waals surface area contributed by atoms with Crippen LogP contribution in [-0.4, -0.2) is 80.5 Å². The predicted octanol–water partition coefficient (Wildman–Crippen LogP) is 6.72. The van der Waals surface area contributed by atoms with Gasteiger partial charge in [0.05, 0.1) is 17.3 Å². The van der Waals surface area contributed by atoms with E-state index in [9.17, 15) is 41.4 Å². The summed E-state index contributed by atoms with van der Waals surface area (Å²) in [4.78, 5) is 12.6. The topological polar surface area (TPSA) is 94.5 Å². The summed E-state index contributed by atoms with van der Waals surface area (Å²) in [6.45, 7) is 11.2. The van der Waals surface area contributed by atoms with Crippen molar-refractivity contribution < 1.29 is 60.3 Å². The smallest absolute Gasteiger partial charge is 0.419 e. The van der Waals surface area contributed by atoms with Crippen LogP contribution in [0.4, 0.5) is 26.3 Å². The molecule has 2 aliphatic heterocycles. The van der Waals surface area contributed by atoms with Gasteiger partial charge < -0.3 is 29.2 Å². The Labute approximate surface area is 261 Å². The van der Waals surface area contributed by atoms with Crippen molar-refractivity contribution in [3.63, 3.8) is 0 Å². The Morgan fingerprint density at radius 3 is 1.49 bits per heavy atom. The van der Waals surface area contributed by atoms with E-state index in [1.807, 2.05) is 0 Å². The van der Waals surface area contributed by atoms with Gasteiger partial charge in [-0.1, -0.05) is 32.3 Å². The largest absolute Gasteiger partial charge is 0.456 e. The van der Waals surface area contributed by atoms with Gasteiger partial charge >= 0.3 is 18.3 Å². The van der Waals surface area contributed by atoms with E-state index in [2.05, 4.69) is 6.58 Å². The zero-order valence-corrected chi connectivity index (χ0v) is 27.2. The summed E-state index contributed by atoms with van der Waals surface area (Å²) in [5.74, 6) is -2.10. The molecule has 0 aromatic rings. The molecule has 7 atom stereocenters. The van der Waals surface area contributed by atoms with Crippen LogP contribution >= 0.6 is 0 Å². The van der Waals surface area contributed by atoms with Crippen LogP contribution in [0, 0.1) is 11.8 Å². The van der Waals surface area contributed by atoms with Crippen LogP contribution in [0.2, 0.25) is 0 Å². The molecule has 45 heavy (non-hydrogen) atoms. The monoisotopic (exact) mass is 658 g/mol. The molecule has 2 bridgehead atoms. The number of halogens is 6. The average Bonchev–Trinajstić information content (AvgIpc) is 3.66. The summed E-state index contributed by atoms with van der Waals surface area (Å²) < 4.78 is 110. The van der Waals surface area contributed by atoms with E-state index in [1.54, 1.807) is 0 Å². The number of ether oxygens (including phenoxy) is 4. The highest BCUT2D eigenvalue weighted by molar-refractivity contribution is 5.87. The van der Waals surface area contributed by atoms with Crippen molar-refractivity contribution in [1.82, 2.24) is 0 Å². The summed E-state index contributed by atoms with van der Waals surface area (Å²) >= 11 is 0. The summed E-state index contributed by atoms with van der Waals surface area (Å²) in [6.07, 6.45) is -8.58. The second-order valence-electron chi connectivity index (χ2n) is 15.1. The third-order valence-electron chi connectivity index (χ3n) is 11.4. The Kier molecular flexibility index (Phi) is 9.18. The number of hydrogen-bond donors (Lipinski definition) is 2. The maximum Gasteiger partial charge on any atom is 0.419 e. The highest BCUT2D eigenvalue weighted by Gasteiger charge is 2.72. The fraction of sp³-hybridized carbons (Fsp3) is 0.906. The van der Waals surface area contributed by atoms with Gasteiger partial charge in [0.25, 0.3) is 0 Å². The molecule has 7 unspecified atom stereocenters. The normalized spacial score (nSPS) is 32.7. The number of alkyl halides is 6. The maximum absolute atomic E-state index is 14.2. The molecule has 2 saturated carbocycles. The van der Waals surface area contributed by atoms with Crippen molar-refractivity contribution in [3.05, 3.63) is 12.2 Å². The van der Waals surface area contributed by atoms with E-state index in [-0.39, 0.29) is 12.0 Å². The van der Waals surface area contributed by atoms with Crippen LogP contribution in [0.3, 0.4) is 0 Å². The van der Waals surface area contributed by atoms with E-state index in [4.69, 9.17) is 18.9 Å². The third kappa shape index (κ3) is 5.95. The minimum Gasteiger partial charge on any atom is -0.456 e. The summed E-state index contributed by atoms with van der Waals surface area (Å²) in [5.41, 5.74) is -13.2. The second-order valence-corrected chi connectivity index (χ2v) is 15.1. The van der Waals surface area contributed by atoms with Crippen molar-refractivity contribution in [2.45, 2.75) is 171 Å². The van der Waals surface area contributed by atoms with Crippen molar-refractivity contribution in [3.8, 4) is 0 Å². The number of carbonyl (C=O) groups excluding carboxylic acids is 1. The van der Waals surface area contributed by atoms with E-state index in [1.165, 1.54) is 34.6 Å². The first-order chi connectivity index (χ1) is 20.3.